The first-order valence-corrected chi connectivity index (χ1v) is 6.92. The second-order valence-corrected chi connectivity index (χ2v) is 5.38. The summed E-state index contributed by atoms with van der Waals surface area (Å²) < 4.78 is 18.6. The first-order chi connectivity index (χ1) is 9.08. The third-order valence-electron chi connectivity index (χ3n) is 3.60. The summed E-state index contributed by atoms with van der Waals surface area (Å²) in [5.74, 6) is 0.227. The van der Waals surface area contributed by atoms with Gasteiger partial charge in [0.15, 0.2) is 0 Å². The summed E-state index contributed by atoms with van der Waals surface area (Å²) in [6, 6.07) is 4.77. The Labute approximate surface area is 118 Å². The van der Waals surface area contributed by atoms with E-state index < -0.39 is 0 Å². The molecule has 19 heavy (non-hydrogen) atoms. The molecule has 1 heterocycles. The molecule has 0 saturated carbocycles. The highest BCUT2D eigenvalue weighted by molar-refractivity contribution is 7.80. The van der Waals surface area contributed by atoms with Crippen molar-refractivity contribution in [2.45, 2.75) is 25.8 Å². The minimum absolute atomic E-state index is 0.209. The van der Waals surface area contributed by atoms with Gasteiger partial charge in [-0.05, 0) is 43.9 Å². The van der Waals surface area contributed by atoms with Crippen molar-refractivity contribution < 1.29 is 9.13 Å². The number of rotatable bonds is 4. The average molecular weight is 282 g/mol. The quantitative estimate of drug-likeness (QED) is 0.834. The molecule has 0 amide bonds. The van der Waals surface area contributed by atoms with Crippen molar-refractivity contribution in [2.75, 3.05) is 18.5 Å². The van der Waals surface area contributed by atoms with Gasteiger partial charge in [0.05, 0.1) is 0 Å². The van der Waals surface area contributed by atoms with Crippen LogP contribution in [0.5, 0.6) is 0 Å². The lowest BCUT2D eigenvalue weighted by molar-refractivity contribution is 0.0622. The standard InChI is InChI=1S/C14H19FN2OS/c1-9(10-4-6-18-7-5-10)17-13-3-2-11(15)8-12(13)14(16)19/h2-3,8-10,17H,4-7H2,1H3,(H2,16,19). The molecule has 1 aromatic rings. The van der Waals surface area contributed by atoms with Gasteiger partial charge in [0.2, 0.25) is 0 Å². The van der Waals surface area contributed by atoms with Gasteiger partial charge >= 0.3 is 0 Å². The first-order valence-electron chi connectivity index (χ1n) is 6.51. The van der Waals surface area contributed by atoms with Crippen molar-refractivity contribution in [3.05, 3.63) is 29.6 Å². The number of hydrogen-bond donors (Lipinski definition) is 2. The fourth-order valence-electron chi connectivity index (χ4n) is 2.43. The van der Waals surface area contributed by atoms with Gasteiger partial charge in [0.1, 0.15) is 10.8 Å². The molecule has 1 unspecified atom stereocenters. The molecule has 5 heteroatoms. The van der Waals surface area contributed by atoms with E-state index in [1.165, 1.54) is 12.1 Å². The highest BCUT2D eigenvalue weighted by atomic mass is 32.1. The van der Waals surface area contributed by atoms with Crippen LogP contribution in [0, 0.1) is 11.7 Å². The molecule has 1 aliphatic heterocycles. The maximum Gasteiger partial charge on any atom is 0.124 e. The van der Waals surface area contributed by atoms with E-state index in [1.54, 1.807) is 6.07 Å². The Morgan fingerprint density at radius 2 is 2.16 bits per heavy atom. The molecule has 0 spiro atoms. The lowest BCUT2D eigenvalue weighted by Gasteiger charge is -2.29. The maximum absolute atomic E-state index is 13.2. The van der Waals surface area contributed by atoms with Crippen LogP contribution in [0.4, 0.5) is 10.1 Å². The highest BCUT2D eigenvalue weighted by Gasteiger charge is 2.21. The molecule has 1 atom stereocenters. The van der Waals surface area contributed by atoms with E-state index in [4.69, 9.17) is 22.7 Å². The summed E-state index contributed by atoms with van der Waals surface area (Å²) in [6.07, 6.45) is 2.08. The summed E-state index contributed by atoms with van der Waals surface area (Å²) in [6.45, 7) is 3.74. The van der Waals surface area contributed by atoms with Gasteiger partial charge in [-0.3, -0.25) is 0 Å². The molecular weight excluding hydrogens is 263 g/mol. The third kappa shape index (κ3) is 3.64. The number of anilines is 1. The predicted molar refractivity (Wildman–Crippen MR) is 78.9 cm³/mol. The summed E-state index contributed by atoms with van der Waals surface area (Å²) in [4.78, 5) is 0.209. The number of hydrogen-bond acceptors (Lipinski definition) is 3. The van der Waals surface area contributed by atoms with Crippen LogP contribution in [0.1, 0.15) is 25.3 Å². The fraction of sp³-hybridized carbons (Fsp3) is 0.500. The number of ether oxygens (including phenoxy) is 1. The molecule has 2 rings (SSSR count). The number of benzene rings is 1. The van der Waals surface area contributed by atoms with Gasteiger partial charge in [0, 0.05) is 30.5 Å². The van der Waals surface area contributed by atoms with E-state index >= 15 is 0 Å². The Hall–Kier alpha value is -1.20. The minimum atomic E-state index is -0.327. The van der Waals surface area contributed by atoms with Crippen molar-refractivity contribution in [3.63, 3.8) is 0 Å². The molecule has 104 valence electrons. The van der Waals surface area contributed by atoms with E-state index in [-0.39, 0.29) is 16.8 Å². The molecule has 1 fully saturated rings. The molecule has 0 radical (unpaired) electrons. The van der Waals surface area contributed by atoms with E-state index in [0.717, 1.165) is 31.7 Å². The van der Waals surface area contributed by atoms with Crippen molar-refractivity contribution in [3.8, 4) is 0 Å². The maximum atomic E-state index is 13.2. The molecule has 0 bridgehead atoms. The second kappa shape index (κ2) is 6.30. The topological polar surface area (TPSA) is 47.3 Å². The van der Waals surface area contributed by atoms with Crippen LogP contribution in [-0.4, -0.2) is 24.2 Å². The number of nitrogens with one attached hydrogen (secondary N) is 1. The van der Waals surface area contributed by atoms with Gasteiger partial charge in [0.25, 0.3) is 0 Å². The molecule has 1 aromatic carbocycles. The predicted octanol–water partition coefficient (Wildman–Crippen LogP) is 2.69. The van der Waals surface area contributed by atoms with Crippen LogP contribution in [-0.2, 0) is 4.74 Å². The molecule has 1 saturated heterocycles. The normalized spacial score (nSPS) is 18.0. The largest absolute Gasteiger partial charge is 0.389 e. The number of halogens is 1. The molecule has 3 N–H and O–H groups in total. The smallest absolute Gasteiger partial charge is 0.124 e. The van der Waals surface area contributed by atoms with E-state index in [2.05, 4.69) is 12.2 Å². The highest BCUT2D eigenvalue weighted by Crippen LogP contribution is 2.24. The zero-order chi connectivity index (χ0) is 13.8. The zero-order valence-electron chi connectivity index (χ0n) is 11.0. The summed E-state index contributed by atoms with van der Waals surface area (Å²) in [7, 11) is 0. The molecule has 1 aliphatic rings. The van der Waals surface area contributed by atoms with Crippen LogP contribution >= 0.6 is 12.2 Å². The van der Waals surface area contributed by atoms with Gasteiger partial charge in [-0.1, -0.05) is 12.2 Å². The fourth-order valence-corrected chi connectivity index (χ4v) is 2.59. The molecule has 0 aromatic heterocycles. The monoisotopic (exact) mass is 282 g/mol. The lowest BCUT2D eigenvalue weighted by Crippen LogP contribution is -2.31. The van der Waals surface area contributed by atoms with Crippen molar-refractivity contribution in [2.24, 2.45) is 11.7 Å². The van der Waals surface area contributed by atoms with Crippen LogP contribution in [0.25, 0.3) is 0 Å². The van der Waals surface area contributed by atoms with E-state index in [9.17, 15) is 4.39 Å². The Morgan fingerprint density at radius 1 is 1.47 bits per heavy atom. The first kappa shape index (κ1) is 14.2. The lowest BCUT2D eigenvalue weighted by atomic mass is 9.92. The third-order valence-corrected chi connectivity index (χ3v) is 3.82. The van der Waals surface area contributed by atoms with Crippen LogP contribution in [0.2, 0.25) is 0 Å². The van der Waals surface area contributed by atoms with Crippen molar-refractivity contribution in [1.82, 2.24) is 0 Å². The van der Waals surface area contributed by atoms with Crippen LogP contribution in [0.15, 0.2) is 18.2 Å². The van der Waals surface area contributed by atoms with Gasteiger partial charge in [-0.2, -0.15) is 0 Å². The summed E-state index contributed by atoms with van der Waals surface area (Å²) in [5, 5.41) is 3.40. The van der Waals surface area contributed by atoms with Crippen molar-refractivity contribution >= 4 is 22.9 Å². The Balaban J connectivity index is 2.11. The van der Waals surface area contributed by atoms with E-state index in [1.807, 2.05) is 0 Å². The summed E-state index contributed by atoms with van der Waals surface area (Å²) in [5.41, 5.74) is 7.01. The number of nitrogens with two attached hydrogens (primary N) is 1. The van der Waals surface area contributed by atoms with Gasteiger partial charge < -0.3 is 15.8 Å². The minimum Gasteiger partial charge on any atom is -0.389 e. The number of thiocarbonyl (C=S) groups is 1. The van der Waals surface area contributed by atoms with Gasteiger partial charge in [-0.25, -0.2) is 4.39 Å². The molecule has 3 nitrogen and oxygen atoms in total. The van der Waals surface area contributed by atoms with Crippen LogP contribution < -0.4 is 11.1 Å². The zero-order valence-corrected chi connectivity index (χ0v) is 11.8. The Bertz CT molecular complexity index is 461. The van der Waals surface area contributed by atoms with Crippen LogP contribution in [0.3, 0.4) is 0 Å². The second-order valence-electron chi connectivity index (χ2n) is 4.94. The summed E-state index contributed by atoms with van der Waals surface area (Å²) >= 11 is 4.97. The Kier molecular flexibility index (Phi) is 4.71. The average Bonchev–Trinajstić information content (AvgIpc) is 2.41. The van der Waals surface area contributed by atoms with E-state index in [0.29, 0.717) is 11.5 Å². The van der Waals surface area contributed by atoms with Gasteiger partial charge in [-0.15, -0.1) is 0 Å². The van der Waals surface area contributed by atoms with Crippen molar-refractivity contribution in [1.29, 1.82) is 0 Å². The molecular formula is C14H19FN2OS. The molecule has 0 aliphatic carbocycles. The SMILES string of the molecule is CC(Nc1ccc(F)cc1C(N)=S)C1CCOCC1. The Morgan fingerprint density at radius 3 is 2.79 bits per heavy atom.